The second-order valence-electron chi connectivity index (χ2n) is 7.75. The molecule has 0 aliphatic carbocycles. The topological polar surface area (TPSA) is 93.3 Å². The summed E-state index contributed by atoms with van der Waals surface area (Å²) in [5, 5.41) is 0.741. The summed E-state index contributed by atoms with van der Waals surface area (Å²) in [5.74, 6) is 0.121. The van der Waals surface area contributed by atoms with Crippen LogP contribution in [0.2, 0.25) is 0 Å². The second kappa shape index (κ2) is 9.11. The van der Waals surface area contributed by atoms with Crippen LogP contribution in [0, 0.1) is 13.8 Å². The molecule has 0 saturated carbocycles. The van der Waals surface area contributed by atoms with Crippen molar-refractivity contribution < 1.29 is 21.0 Å². The summed E-state index contributed by atoms with van der Waals surface area (Å²) >= 11 is 2.19. The van der Waals surface area contributed by atoms with Gasteiger partial charge < -0.3 is 9.17 Å². The number of aromatic nitrogens is 1. The zero-order chi connectivity index (χ0) is 23.8. The zero-order valence-electron chi connectivity index (χ0n) is 18.0. The van der Waals surface area contributed by atoms with Crippen LogP contribution in [-0.4, -0.2) is 26.2 Å². The molecule has 3 aromatic carbocycles. The van der Waals surface area contributed by atoms with E-state index in [9.17, 15) is 16.8 Å². The fourth-order valence-electron chi connectivity index (χ4n) is 3.54. The lowest BCUT2D eigenvalue weighted by Gasteiger charge is -2.08. The summed E-state index contributed by atoms with van der Waals surface area (Å²) in [6.45, 7) is 3.76. The number of alkyl halides is 1. The lowest BCUT2D eigenvalue weighted by atomic mass is 10.1. The molecule has 0 atom stereocenters. The maximum Gasteiger partial charge on any atom is 0.339 e. The third kappa shape index (κ3) is 4.80. The average Bonchev–Trinajstić information content (AvgIpc) is 3.13. The Hall–Kier alpha value is -2.37. The van der Waals surface area contributed by atoms with Crippen molar-refractivity contribution in [3.63, 3.8) is 0 Å². The predicted molar refractivity (Wildman–Crippen MR) is 137 cm³/mol. The van der Waals surface area contributed by atoms with E-state index in [0.29, 0.717) is 27.3 Å². The van der Waals surface area contributed by atoms with Crippen LogP contribution in [0.1, 0.15) is 16.7 Å². The number of benzene rings is 3. The third-order valence-corrected chi connectivity index (χ3v) is 8.88. The van der Waals surface area contributed by atoms with Crippen molar-refractivity contribution in [3.8, 4) is 5.75 Å². The molecule has 1 aromatic heterocycles. The van der Waals surface area contributed by atoms with Crippen LogP contribution in [0.3, 0.4) is 0 Å². The molecule has 6 nitrogen and oxygen atoms in total. The van der Waals surface area contributed by atoms with E-state index in [-0.39, 0.29) is 20.6 Å². The quantitative estimate of drug-likeness (QED) is 0.176. The molecule has 9 heteroatoms. The number of fused-ring (bicyclic) bond motifs is 1. The van der Waals surface area contributed by atoms with E-state index in [1.165, 1.54) is 18.2 Å². The lowest BCUT2D eigenvalue weighted by molar-refractivity contribution is 0.486. The molecule has 1 heterocycles. The highest BCUT2D eigenvalue weighted by Gasteiger charge is 2.26. The first-order valence-corrected chi connectivity index (χ1v) is 14.6. The number of nitrogens with one attached hydrogen (secondary N) is 1. The van der Waals surface area contributed by atoms with Crippen LogP contribution >= 0.6 is 22.6 Å². The molecule has 4 rings (SSSR count). The molecule has 1 N–H and O–H groups in total. The molecule has 0 spiro atoms. The van der Waals surface area contributed by atoms with Gasteiger partial charge in [0.1, 0.15) is 15.7 Å². The maximum absolute atomic E-state index is 13.4. The minimum absolute atomic E-state index is 0.0531. The van der Waals surface area contributed by atoms with Gasteiger partial charge in [0.2, 0.25) is 9.84 Å². The number of halogens is 1. The first-order chi connectivity index (χ1) is 15.6. The van der Waals surface area contributed by atoms with Crippen molar-refractivity contribution >= 4 is 53.4 Å². The molecule has 0 bridgehead atoms. The first-order valence-electron chi connectivity index (χ1n) is 10.2. The van der Waals surface area contributed by atoms with Crippen molar-refractivity contribution in [3.05, 3.63) is 83.4 Å². The van der Waals surface area contributed by atoms with Crippen molar-refractivity contribution in [2.24, 2.45) is 0 Å². The molecule has 0 radical (unpaired) electrons. The molecule has 33 heavy (non-hydrogen) atoms. The summed E-state index contributed by atoms with van der Waals surface area (Å²) in [4.78, 5) is 3.29. The highest BCUT2D eigenvalue weighted by Crippen LogP contribution is 2.33. The van der Waals surface area contributed by atoms with Crippen LogP contribution in [0.4, 0.5) is 0 Å². The smallest absolute Gasteiger partial charge is 0.339 e. The first kappa shape index (κ1) is 23.8. The largest absolute Gasteiger partial charge is 0.379 e. The lowest BCUT2D eigenvalue weighted by Crippen LogP contribution is -2.09. The van der Waals surface area contributed by atoms with Gasteiger partial charge in [0, 0.05) is 15.3 Å². The van der Waals surface area contributed by atoms with Gasteiger partial charge in [0.25, 0.3) is 0 Å². The second-order valence-corrected chi connectivity index (χ2v) is 12.3. The molecular formula is C24H22INO5S2. The Labute approximate surface area is 207 Å². The normalized spacial score (nSPS) is 12.2. The van der Waals surface area contributed by atoms with Gasteiger partial charge in [0.05, 0.1) is 4.90 Å². The molecule has 4 aromatic rings. The summed E-state index contributed by atoms with van der Waals surface area (Å²) < 4.78 is 58.2. The number of hydrogen-bond donors (Lipinski definition) is 1. The highest BCUT2D eigenvalue weighted by molar-refractivity contribution is 14.1. The number of rotatable bonds is 7. The maximum atomic E-state index is 13.4. The summed E-state index contributed by atoms with van der Waals surface area (Å²) in [7, 11) is -7.81. The van der Waals surface area contributed by atoms with Crippen LogP contribution < -0.4 is 4.18 Å². The van der Waals surface area contributed by atoms with E-state index in [0.717, 1.165) is 11.1 Å². The number of sulfone groups is 1. The molecule has 0 saturated heterocycles. The van der Waals surface area contributed by atoms with Crippen LogP contribution in [0.15, 0.2) is 81.5 Å². The summed E-state index contributed by atoms with van der Waals surface area (Å²) in [5.41, 5.74) is 3.11. The zero-order valence-corrected chi connectivity index (χ0v) is 21.8. The van der Waals surface area contributed by atoms with E-state index >= 15 is 0 Å². The minimum atomic E-state index is -4.02. The Morgan fingerprint density at radius 3 is 1.97 bits per heavy atom. The Bertz CT molecular complexity index is 1520. The monoisotopic (exact) mass is 595 g/mol. The molecule has 0 fully saturated rings. The van der Waals surface area contributed by atoms with Gasteiger partial charge in [-0.15, -0.1) is 0 Å². The van der Waals surface area contributed by atoms with Gasteiger partial charge >= 0.3 is 10.1 Å². The SMILES string of the molecule is Cc1ccc(S(=O)(=O)Oc2ccc3[nH]c(S(=O)(=O)c4ccc(C)cc4)c(CCI)c3c2)cc1. The van der Waals surface area contributed by atoms with E-state index in [1.54, 1.807) is 48.5 Å². The number of H-pyrrole nitrogens is 1. The average molecular weight is 595 g/mol. The van der Waals surface area contributed by atoms with Crippen LogP contribution in [-0.2, 0) is 26.4 Å². The van der Waals surface area contributed by atoms with Gasteiger partial charge in [-0.25, -0.2) is 8.42 Å². The van der Waals surface area contributed by atoms with E-state index in [2.05, 4.69) is 27.6 Å². The van der Waals surface area contributed by atoms with Gasteiger partial charge in [0.15, 0.2) is 0 Å². The molecule has 172 valence electrons. The summed E-state index contributed by atoms with van der Waals surface area (Å²) in [6, 6.07) is 17.8. The Kier molecular flexibility index (Phi) is 6.56. The molecule has 0 aliphatic heterocycles. The standard InChI is InChI=1S/C24H22INO5S2/c1-16-3-8-19(9-4-16)32(27,28)24-21(13-14-25)22-15-18(7-12-23(22)26-24)31-33(29,30)20-10-5-17(2)6-11-20/h3-12,15,26H,13-14H2,1-2H3. The number of hydrogen-bond acceptors (Lipinski definition) is 5. The van der Waals surface area contributed by atoms with Crippen molar-refractivity contribution in [1.82, 2.24) is 4.98 Å². The van der Waals surface area contributed by atoms with E-state index in [1.807, 2.05) is 13.8 Å². The minimum Gasteiger partial charge on any atom is -0.379 e. The molecule has 0 unspecified atom stereocenters. The van der Waals surface area contributed by atoms with Crippen molar-refractivity contribution in [2.75, 3.05) is 4.43 Å². The summed E-state index contributed by atoms with van der Waals surface area (Å²) in [6.07, 6.45) is 0.495. The highest BCUT2D eigenvalue weighted by atomic mass is 127. The molecule has 0 amide bonds. The fourth-order valence-corrected chi connectivity index (χ4v) is 6.51. The number of aryl methyl sites for hydroxylation is 3. The van der Waals surface area contributed by atoms with Crippen LogP contribution in [0.25, 0.3) is 10.9 Å². The van der Waals surface area contributed by atoms with E-state index in [4.69, 9.17) is 4.18 Å². The molecular weight excluding hydrogens is 573 g/mol. The Morgan fingerprint density at radius 2 is 1.39 bits per heavy atom. The van der Waals surface area contributed by atoms with E-state index < -0.39 is 20.0 Å². The van der Waals surface area contributed by atoms with Gasteiger partial charge in [-0.2, -0.15) is 8.42 Å². The van der Waals surface area contributed by atoms with Gasteiger partial charge in [-0.1, -0.05) is 58.0 Å². The van der Waals surface area contributed by atoms with Crippen molar-refractivity contribution in [1.29, 1.82) is 0 Å². The fraction of sp³-hybridized carbons (Fsp3) is 0.167. The van der Waals surface area contributed by atoms with Gasteiger partial charge in [-0.3, -0.25) is 0 Å². The Morgan fingerprint density at radius 1 is 0.818 bits per heavy atom. The van der Waals surface area contributed by atoms with Gasteiger partial charge in [-0.05, 0) is 68.3 Å². The predicted octanol–water partition coefficient (Wildman–Crippen LogP) is 5.36. The number of aromatic amines is 1. The van der Waals surface area contributed by atoms with Crippen molar-refractivity contribution in [2.45, 2.75) is 35.1 Å². The molecule has 0 aliphatic rings. The Balaban J connectivity index is 1.79. The third-order valence-electron chi connectivity index (χ3n) is 5.30. The van der Waals surface area contributed by atoms with Crippen LogP contribution in [0.5, 0.6) is 5.75 Å².